The smallest absolute Gasteiger partial charge is 0.105 e. The quantitative estimate of drug-likeness (QED) is 0.698. The molecule has 0 heterocycles. The van der Waals surface area contributed by atoms with Gasteiger partial charge in [0.15, 0.2) is 0 Å². The predicted octanol–water partition coefficient (Wildman–Crippen LogP) is 3.19. The number of aliphatic hydroxyl groups is 1. The van der Waals surface area contributed by atoms with E-state index in [1.165, 1.54) is 0 Å². The molecule has 1 aromatic rings. The van der Waals surface area contributed by atoms with Crippen molar-refractivity contribution in [1.29, 1.82) is 0 Å². The van der Waals surface area contributed by atoms with Gasteiger partial charge in [-0.05, 0) is 17.9 Å². The van der Waals surface area contributed by atoms with Crippen molar-refractivity contribution < 1.29 is 14.6 Å². The van der Waals surface area contributed by atoms with Crippen LogP contribution in [-0.2, 0) is 9.47 Å². The maximum Gasteiger partial charge on any atom is 0.105 e. The Morgan fingerprint density at radius 2 is 1.79 bits per heavy atom. The Morgan fingerprint density at radius 3 is 2.37 bits per heavy atom. The summed E-state index contributed by atoms with van der Waals surface area (Å²) in [5.74, 6) is 0.539. The minimum atomic E-state index is -0.573. The van der Waals surface area contributed by atoms with Gasteiger partial charge in [-0.3, -0.25) is 0 Å². The maximum atomic E-state index is 10.3. The molecule has 0 aliphatic carbocycles. The highest BCUT2D eigenvalue weighted by molar-refractivity contribution is 5.18. The summed E-state index contributed by atoms with van der Waals surface area (Å²) in [4.78, 5) is 0. The van der Waals surface area contributed by atoms with E-state index in [0.29, 0.717) is 19.1 Å². The lowest BCUT2D eigenvalue weighted by Gasteiger charge is -2.22. The second kappa shape index (κ2) is 9.08. The summed E-state index contributed by atoms with van der Waals surface area (Å²) >= 11 is 0. The van der Waals surface area contributed by atoms with Crippen molar-refractivity contribution in [3.05, 3.63) is 35.9 Å². The molecule has 108 valence electrons. The van der Waals surface area contributed by atoms with E-state index in [0.717, 1.165) is 18.6 Å². The number of benzene rings is 1. The summed E-state index contributed by atoms with van der Waals surface area (Å²) in [5, 5.41) is 10.3. The predicted molar refractivity (Wildman–Crippen MR) is 77.1 cm³/mol. The molecule has 0 amide bonds. The molecule has 1 rings (SSSR count). The van der Waals surface area contributed by atoms with Crippen LogP contribution in [0.2, 0.25) is 0 Å². The van der Waals surface area contributed by atoms with Crippen LogP contribution in [-0.4, -0.2) is 31.0 Å². The monoisotopic (exact) mass is 266 g/mol. The normalized spacial score (nSPS) is 14.6. The molecule has 0 radical (unpaired) electrons. The van der Waals surface area contributed by atoms with E-state index in [4.69, 9.17) is 9.47 Å². The zero-order valence-corrected chi connectivity index (χ0v) is 12.2. The molecule has 0 saturated heterocycles. The third kappa shape index (κ3) is 6.19. The van der Waals surface area contributed by atoms with Crippen LogP contribution < -0.4 is 0 Å². The van der Waals surface area contributed by atoms with Crippen molar-refractivity contribution in [2.24, 2.45) is 5.92 Å². The molecule has 0 spiro atoms. The van der Waals surface area contributed by atoms with Gasteiger partial charge in [0, 0.05) is 6.61 Å². The van der Waals surface area contributed by atoms with Crippen LogP contribution in [0.1, 0.15) is 38.9 Å². The standard InChI is InChI=1S/C16H26O3/c1-4-15(19-11-10-18-12-13(2)3)16(17)14-8-6-5-7-9-14/h5-9,13,15-17H,4,10-12H2,1-3H3. The highest BCUT2D eigenvalue weighted by Gasteiger charge is 2.19. The average molecular weight is 266 g/mol. The maximum absolute atomic E-state index is 10.3. The van der Waals surface area contributed by atoms with E-state index in [-0.39, 0.29) is 6.10 Å². The van der Waals surface area contributed by atoms with Gasteiger partial charge in [0.05, 0.1) is 19.3 Å². The van der Waals surface area contributed by atoms with Gasteiger partial charge in [-0.25, -0.2) is 0 Å². The van der Waals surface area contributed by atoms with E-state index in [1.54, 1.807) is 0 Å². The van der Waals surface area contributed by atoms with Gasteiger partial charge < -0.3 is 14.6 Å². The second-order valence-electron chi connectivity index (χ2n) is 5.14. The fourth-order valence-electron chi connectivity index (χ4n) is 1.87. The van der Waals surface area contributed by atoms with Crippen LogP contribution >= 0.6 is 0 Å². The Labute approximate surface area is 116 Å². The first-order valence-corrected chi connectivity index (χ1v) is 7.07. The van der Waals surface area contributed by atoms with Crippen molar-refractivity contribution in [2.45, 2.75) is 39.4 Å². The molecule has 2 unspecified atom stereocenters. The minimum absolute atomic E-state index is 0.176. The molecular formula is C16H26O3. The third-order valence-electron chi connectivity index (χ3n) is 2.91. The van der Waals surface area contributed by atoms with Crippen LogP contribution in [0, 0.1) is 5.92 Å². The van der Waals surface area contributed by atoms with Crippen LogP contribution in [0.3, 0.4) is 0 Å². The van der Waals surface area contributed by atoms with Gasteiger partial charge in [0.2, 0.25) is 0 Å². The van der Waals surface area contributed by atoms with Crippen LogP contribution in [0.4, 0.5) is 0 Å². The minimum Gasteiger partial charge on any atom is -0.386 e. The van der Waals surface area contributed by atoms with Gasteiger partial charge in [-0.15, -0.1) is 0 Å². The Balaban J connectivity index is 2.33. The number of aliphatic hydroxyl groups excluding tert-OH is 1. The molecular weight excluding hydrogens is 240 g/mol. The zero-order valence-electron chi connectivity index (χ0n) is 12.2. The summed E-state index contributed by atoms with van der Waals surface area (Å²) in [7, 11) is 0. The SMILES string of the molecule is CCC(OCCOCC(C)C)C(O)c1ccccc1. The molecule has 0 saturated carbocycles. The van der Waals surface area contributed by atoms with E-state index >= 15 is 0 Å². The van der Waals surface area contributed by atoms with E-state index in [9.17, 15) is 5.11 Å². The molecule has 0 aromatic heterocycles. The van der Waals surface area contributed by atoms with E-state index < -0.39 is 6.10 Å². The van der Waals surface area contributed by atoms with Crippen LogP contribution in [0.25, 0.3) is 0 Å². The average Bonchev–Trinajstić information content (AvgIpc) is 2.43. The van der Waals surface area contributed by atoms with Crippen LogP contribution in [0.5, 0.6) is 0 Å². The molecule has 1 N–H and O–H groups in total. The van der Waals surface area contributed by atoms with Crippen molar-refractivity contribution in [3.63, 3.8) is 0 Å². The molecule has 0 aliphatic rings. The Hall–Kier alpha value is -0.900. The van der Waals surface area contributed by atoms with Gasteiger partial charge in [0.1, 0.15) is 6.10 Å². The van der Waals surface area contributed by atoms with Crippen LogP contribution in [0.15, 0.2) is 30.3 Å². The van der Waals surface area contributed by atoms with Crippen molar-refractivity contribution >= 4 is 0 Å². The fraction of sp³-hybridized carbons (Fsp3) is 0.625. The summed E-state index contributed by atoms with van der Waals surface area (Å²) < 4.78 is 11.2. The number of hydrogen-bond donors (Lipinski definition) is 1. The molecule has 19 heavy (non-hydrogen) atoms. The lowest BCUT2D eigenvalue weighted by atomic mass is 10.0. The van der Waals surface area contributed by atoms with Crippen molar-refractivity contribution in [2.75, 3.05) is 19.8 Å². The number of rotatable bonds is 9. The molecule has 0 aliphatic heterocycles. The highest BCUT2D eigenvalue weighted by atomic mass is 16.5. The molecule has 0 bridgehead atoms. The van der Waals surface area contributed by atoms with Gasteiger partial charge in [0.25, 0.3) is 0 Å². The summed E-state index contributed by atoms with van der Waals surface area (Å²) in [6.07, 6.45) is 0.0293. The Kier molecular flexibility index (Phi) is 7.72. The molecule has 1 aromatic carbocycles. The van der Waals surface area contributed by atoms with Gasteiger partial charge in [-0.2, -0.15) is 0 Å². The summed E-state index contributed by atoms with van der Waals surface area (Å²) in [6.45, 7) is 8.11. The fourth-order valence-corrected chi connectivity index (χ4v) is 1.87. The molecule has 2 atom stereocenters. The largest absolute Gasteiger partial charge is 0.386 e. The van der Waals surface area contributed by atoms with Gasteiger partial charge >= 0.3 is 0 Å². The third-order valence-corrected chi connectivity index (χ3v) is 2.91. The first kappa shape index (κ1) is 16.2. The molecule has 0 fully saturated rings. The number of ether oxygens (including phenoxy) is 2. The zero-order chi connectivity index (χ0) is 14.1. The Bertz CT molecular complexity index is 324. The first-order chi connectivity index (χ1) is 9.15. The van der Waals surface area contributed by atoms with E-state index in [2.05, 4.69) is 13.8 Å². The molecule has 3 heteroatoms. The van der Waals surface area contributed by atoms with Crippen molar-refractivity contribution in [1.82, 2.24) is 0 Å². The van der Waals surface area contributed by atoms with Gasteiger partial charge in [-0.1, -0.05) is 51.1 Å². The highest BCUT2D eigenvalue weighted by Crippen LogP contribution is 2.21. The topological polar surface area (TPSA) is 38.7 Å². The lowest BCUT2D eigenvalue weighted by molar-refractivity contribution is -0.0606. The van der Waals surface area contributed by atoms with Crippen molar-refractivity contribution in [3.8, 4) is 0 Å². The van der Waals surface area contributed by atoms with E-state index in [1.807, 2.05) is 37.3 Å². The molecule has 3 nitrogen and oxygen atoms in total. The Morgan fingerprint density at radius 1 is 1.11 bits per heavy atom. The number of hydrogen-bond acceptors (Lipinski definition) is 3. The summed E-state index contributed by atoms with van der Waals surface area (Å²) in [5.41, 5.74) is 0.900. The summed E-state index contributed by atoms with van der Waals surface area (Å²) in [6, 6.07) is 9.64. The lowest BCUT2D eigenvalue weighted by Crippen LogP contribution is -2.23. The first-order valence-electron chi connectivity index (χ1n) is 7.07. The second-order valence-corrected chi connectivity index (χ2v) is 5.14.